The molecule has 3 nitrogen and oxygen atoms in total. The highest BCUT2D eigenvalue weighted by molar-refractivity contribution is 7.09. The molecule has 0 aliphatic heterocycles. The Balaban J connectivity index is 2.35. The lowest BCUT2D eigenvalue weighted by Crippen LogP contribution is -2.14. The van der Waals surface area contributed by atoms with Gasteiger partial charge in [-0.1, -0.05) is 20.3 Å². The van der Waals surface area contributed by atoms with Gasteiger partial charge in [0, 0.05) is 30.4 Å². The van der Waals surface area contributed by atoms with Gasteiger partial charge in [0.2, 0.25) is 5.13 Å². The smallest absolute Gasteiger partial charge is 0.202 e. The van der Waals surface area contributed by atoms with Crippen molar-refractivity contribution in [3.05, 3.63) is 5.82 Å². The van der Waals surface area contributed by atoms with Gasteiger partial charge >= 0.3 is 0 Å². The lowest BCUT2D eigenvalue weighted by Gasteiger charge is -2.14. The zero-order chi connectivity index (χ0) is 12.5. The monoisotopic (exact) mass is 275 g/mol. The van der Waals surface area contributed by atoms with Crippen molar-refractivity contribution in [2.75, 3.05) is 17.7 Å². The number of aryl methyl sites for hydroxylation is 1. The summed E-state index contributed by atoms with van der Waals surface area (Å²) >= 11 is 7.27. The average molecular weight is 276 g/mol. The number of nitrogens with zero attached hydrogens (tertiary/aromatic N) is 2. The Kier molecular flexibility index (Phi) is 7.53. The van der Waals surface area contributed by atoms with Gasteiger partial charge in [0.1, 0.15) is 5.82 Å². The molecule has 0 saturated heterocycles. The van der Waals surface area contributed by atoms with Crippen molar-refractivity contribution in [1.82, 2.24) is 9.36 Å². The maximum Gasteiger partial charge on any atom is 0.202 e. The van der Waals surface area contributed by atoms with Gasteiger partial charge in [-0.25, -0.2) is 4.98 Å². The quantitative estimate of drug-likeness (QED) is 0.694. The Bertz CT molecular complexity index is 298. The van der Waals surface area contributed by atoms with E-state index in [0.29, 0.717) is 5.92 Å². The van der Waals surface area contributed by atoms with Gasteiger partial charge in [0.25, 0.3) is 0 Å². The number of anilines is 1. The van der Waals surface area contributed by atoms with Crippen LogP contribution in [0.2, 0.25) is 0 Å². The van der Waals surface area contributed by atoms with Crippen LogP contribution in [-0.2, 0) is 6.42 Å². The summed E-state index contributed by atoms with van der Waals surface area (Å²) in [5.41, 5.74) is 0. The molecule has 98 valence electrons. The third kappa shape index (κ3) is 5.68. The summed E-state index contributed by atoms with van der Waals surface area (Å²) in [6.07, 6.45) is 5.57. The van der Waals surface area contributed by atoms with Gasteiger partial charge in [-0.3, -0.25) is 0 Å². The van der Waals surface area contributed by atoms with E-state index in [1.54, 1.807) is 0 Å². The van der Waals surface area contributed by atoms with Gasteiger partial charge < -0.3 is 5.32 Å². The molecule has 17 heavy (non-hydrogen) atoms. The van der Waals surface area contributed by atoms with E-state index >= 15 is 0 Å². The van der Waals surface area contributed by atoms with Crippen LogP contribution in [0.25, 0.3) is 0 Å². The summed E-state index contributed by atoms with van der Waals surface area (Å²) in [5, 5.41) is 4.33. The fraction of sp³-hybridized carbons (Fsp3) is 0.833. The molecular formula is C12H22ClN3S. The van der Waals surface area contributed by atoms with E-state index in [1.165, 1.54) is 24.4 Å². The van der Waals surface area contributed by atoms with Crippen molar-refractivity contribution in [2.45, 2.75) is 46.0 Å². The predicted octanol–water partition coefficient (Wildman–Crippen LogP) is 3.95. The minimum atomic E-state index is 0.649. The van der Waals surface area contributed by atoms with Crippen molar-refractivity contribution in [2.24, 2.45) is 5.92 Å². The van der Waals surface area contributed by atoms with Crippen LogP contribution in [0.3, 0.4) is 0 Å². The maximum atomic E-state index is 5.81. The Labute approximate surface area is 113 Å². The minimum Gasteiger partial charge on any atom is -0.360 e. The van der Waals surface area contributed by atoms with E-state index in [4.69, 9.17) is 11.6 Å². The van der Waals surface area contributed by atoms with E-state index in [1.807, 2.05) is 0 Å². The second kappa shape index (κ2) is 8.70. The first kappa shape index (κ1) is 14.7. The highest BCUT2D eigenvalue weighted by atomic mass is 35.5. The molecule has 0 aromatic carbocycles. The molecule has 0 saturated carbocycles. The molecule has 1 aromatic rings. The van der Waals surface area contributed by atoms with E-state index in [2.05, 4.69) is 28.5 Å². The summed E-state index contributed by atoms with van der Waals surface area (Å²) in [6.45, 7) is 5.32. The highest BCUT2D eigenvalue weighted by Gasteiger charge is 2.09. The Hall–Kier alpha value is -0.350. The summed E-state index contributed by atoms with van der Waals surface area (Å²) in [6, 6.07) is 0. The number of alkyl halides is 1. The molecule has 0 aliphatic rings. The van der Waals surface area contributed by atoms with E-state index in [0.717, 1.165) is 42.6 Å². The highest BCUT2D eigenvalue weighted by Crippen LogP contribution is 2.16. The van der Waals surface area contributed by atoms with Crippen LogP contribution in [0.4, 0.5) is 5.13 Å². The number of hydrogen-bond donors (Lipinski definition) is 1. The van der Waals surface area contributed by atoms with Crippen molar-refractivity contribution in [3.8, 4) is 0 Å². The second-order valence-corrected chi connectivity index (χ2v) is 5.41. The molecule has 0 spiro atoms. The summed E-state index contributed by atoms with van der Waals surface area (Å²) in [5.74, 6) is 2.35. The fourth-order valence-corrected chi connectivity index (χ4v) is 2.72. The molecule has 1 unspecified atom stereocenters. The lowest BCUT2D eigenvalue weighted by atomic mass is 10.0. The number of hydrogen-bond acceptors (Lipinski definition) is 4. The fourth-order valence-electron chi connectivity index (χ4n) is 1.79. The van der Waals surface area contributed by atoms with Crippen molar-refractivity contribution in [3.63, 3.8) is 0 Å². The van der Waals surface area contributed by atoms with Gasteiger partial charge in [0.05, 0.1) is 0 Å². The number of aromatic nitrogens is 2. The Morgan fingerprint density at radius 1 is 1.29 bits per heavy atom. The molecule has 5 heteroatoms. The topological polar surface area (TPSA) is 37.8 Å². The molecular weight excluding hydrogens is 254 g/mol. The molecule has 1 heterocycles. The Morgan fingerprint density at radius 2 is 2.12 bits per heavy atom. The SMILES string of the molecule is CCCc1nsc(NCC(CCC)CCCl)n1. The van der Waals surface area contributed by atoms with Crippen LogP contribution in [-0.4, -0.2) is 21.8 Å². The second-order valence-electron chi connectivity index (χ2n) is 4.28. The zero-order valence-electron chi connectivity index (χ0n) is 10.7. The third-order valence-corrected chi connectivity index (χ3v) is 3.63. The van der Waals surface area contributed by atoms with Gasteiger partial charge in [-0.2, -0.15) is 4.37 Å². The summed E-state index contributed by atoms with van der Waals surface area (Å²) < 4.78 is 4.32. The average Bonchev–Trinajstić information content (AvgIpc) is 2.75. The van der Waals surface area contributed by atoms with Crippen molar-refractivity contribution < 1.29 is 0 Å². The third-order valence-electron chi connectivity index (χ3n) is 2.70. The summed E-state index contributed by atoms with van der Waals surface area (Å²) in [4.78, 5) is 4.46. The van der Waals surface area contributed by atoms with Crippen LogP contribution in [0.5, 0.6) is 0 Å². The van der Waals surface area contributed by atoms with E-state index < -0.39 is 0 Å². The number of halogens is 1. The van der Waals surface area contributed by atoms with E-state index in [9.17, 15) is 0 Å². The van der Waals surface area contributed by atoms with Crippen LogP contribution < -0.4 is 5.32 Å². The van der Waals surface area contributed by atoms with Crippen molar-refractivity contribution in [1.29, 1.82) is 0 Å². The first-order valence-electron chi connectivity index (χ1n) is 6.42. The van der Waals surface area contributed by atoms with Crippen LogP contribution >= 0.6 is 23.1 Å². The normalized spacial score (nSPS) is 12.6. The van der Waals surface area contributed by atoms with Gasteiger partial charge in [0.15, 0.2) is 0 Å². The molecule has 1 N–H and O–H groups in total. The zero-order valence-corrected chi connectivity index (χ0v) is 12.3. The molecule has 0 aliphatic carbocycles. The lowest BCUT2D eigenvalue weighted by molar-refractivity contribution is 0.490. The minimum absolute atomic E-state index is 0.649. The predicted molar refractivity (Wildman–Crippen MR) is 76.1 cm³/mol. The molecule has 0 amide bonds. The molecule has 0 bridgehead atoms. The van der Waals surface area contributed by atoms with Gasteiger partial charge in [-0.15, -0.1) is 11.6 Å². The molecule has 1 aromatic heterocycles. The number of nitrogens with one attached hydrogen (secondary N) is 1. The van der Waals surface area contributed by atoms with E-state index in [-0.39, 0.29) is 0 Å². The van der Waals surface area contributed by atoms with Gasteiger partial charge in [-0.05, 0) is 25.2 Å². The first-order chi connectivity index (χ1) is 8.30. The molecule has 0 radical (unpaired) electrons. The van der Waals surface area contributed by atoms with Crippen LogP contribution in [0.15, 0.2) is 0 Å². The molecule has 1 rings (SSSR count). The largest absolute Gasteiger partial charge is 0.360 e. The maximum absolute atomic E-state index is 5.81. The van der Waals surface area contributed by atoms with Crippen LogP contribution in [0, 0.1) is 5.92 Å². The Morgan fingerprint density at radius 3 is 2.76 bits per heavy atom. The number of rotatable bonds is 9. The first-order valence-corrected chi connectivity index (χ1v) is 7.73. The van der Waals surface area contributed by atoms with Crippen LogP contribution in [0.1, 0.15) is 45.4 Å². The van der Waals surface area contributed by atoms with Crippen molar-refractivity contribution >= 4 is 28.3 Å². The molecule has 1 atom stereocenters. The standard InChI is InChI=1S/C12H22ClN3S/c1-3-5-10(7-8-13)9-14-12-15-11(6-4-2)16-17-12/h10H,3-9H2,1-2H3,(H,14,15,16). The molecule has 0 fully saturated rings. The summed E-state index contributed by atoms with van der Waals surface area (Å²) in [7, 11) is 0.